The Kier molecular flexibility index (Phi) is 15.4. The number of hydrogen-bond acceptors (Lipinski definition) is 4. The van der Waals surface area contributed by atoms with Crippen LogP contribution in [-0.2, 0) is 4.74 Å². The van der Waals surface area contributed by atoms with Crippen LogP contribution in [0.4, 0.5) is 0 Å². The van der Waals surface area contributed by atoms with Crippen molar-refractivity contribution in [2.24, 2.45) is 11.5 Å². The predicted molar refractivity (Wildman–Crippen MR) is 123 cm³/mol. The third-order valence-corrected chi connectivity index (χ3v) is 5.52. The van der Waals surface area contributed by atoms with Gasteiger partial charge in [-0.25, -0.2) is 4.79 Å². The topological polar surface area (TPSA) is 78.3 Å². The first-order chi connectivity index (χ1) is 14.1. The molecular weight excluding hydrogens is 360 g/mol. The molecule has 1 aromatic rings. The van der Waals surface area contributed by atoms with E-state index in [4.69, 9.17) is 16.2 Å². The summed E-state index contributed by atoms with van der Waals surface area (Å²) in [5, 5.41) is 0. The molecule has 1 aromatic carbocycles. The number of benzene rings is 1. The summed E-state index contributed by atoms with van der Waals surface area (Å²) < 4.78 is 5.29. The average Bonchev–Trinajstić information content (AvgIpc) is 2.72. The lowest BCUT2D eigenvalue weighted by Gasteiger charge is -2.17. The van der Waals surface area contributed by atoms with Crippen molar-refractivity contribution in [1.29, 1.82) is 0 Å². The summed E-state index contributed by atoms with van der Waals surface area (Å²) in [6.07, 6.45) is 17.3. The predicted octanol–water partition coefficient (Wildman–Crippen LogP) is 5.98. The van der Waals surface area contributed by atoms with E-state index in [0.717, 1.165) is 12.8 Å². The van der Waals surface area contributed by atoms with E-state index in [1.165, 1.54) is 70.6 Å². The fourth-order valence-corrected chi connectivity index (χ4v) is 3.66. The molecule has 0 radical (unpaired) electrons. The molecule has 4 N–H and O–H groups in total. The number of ether oxygens (including phenoxy) is 1. The second kappa shape index (κ2) is 17.5. The molecule has 0 saturated carbocycles. The van der Waals surface area contributed by atoms with Gasteiger partial charge >= 0.3 is 5.97 Å². The normalized spacial score (nSPS) is 13.2. The molecule has 2 atom stereocenters. The van der Waals surface area contributed by atoms with Crippen molar-refractivity contribution >= 4 is 5.97 Å². The van der Waals surface area contributed by atoms with E-state index in [1.807, 2.05) is 18.2 Å². The van der Waals surface area contributed by atoms with Crippen molar-refractivity contribution in [1.82, 2.24) is 0 Å². The molecular formula is C25H44N2O2. The van der Waals surface area contributed by atoms with Crippen molar-refractivity contribution in [2.45, 2.75) is 109 Å². The van der Waals surface area contributed by atoms with Crippen LogP contribution in [0.3, 0.4) is 0 Å². The lowest BCUT2D eigenvalue weighted by Crippen LogP contribution is -2.32. The third-order valence-electron chi connectivity index (χ3n) is 5.52. The van der Waals surface area contributed by atoms with E-state index in [1.54, 1.807) is 12.1 Å². The van der Waals surface area contributed by atoms with Gasteiger partial charge in [0.25, 0.3) is 0 Å². The summed E-state index contributed by atoms with van der Waals surface area (Å²) in [5.74, 6) is -0.289. The summed E-state index contributed by atoms with van der Waals surface area (Å²) >= 11 is 0. The molecule has 2 unspecified atom stereocenters. The monoisotopic (exact) mass is 404 g/mol. The highest BCUT2D eigenvalue weighted by Crippen LogP contribution is 2.13. The van der Waals surface area contributed by atoms with E-state index in [0.29, 0.717) is 18.6 Å². The Hall–Kier alpha value is -1.39. The largest absolute Gasteiger partial charge is 0.462 e. The van der Waals surface area contributed by atoms with Crippen LogP contribution in [-0.4, -0.2) is 24.7 Å². The lowest BCUT2D eigenvalue weighted by atomic mass is 9.99. The second-order valence-corrected chi connectivity index (χ2v) is 8.37. The van der Waals surface area contributed by atoms with Crippen LogP contribution < -0.4 is 11.5 Å². The molecule has 0 aromatic heterocycles. The smallest absolute Gasteiger partial charge is 0.338 e. The van der Waals surface area contributed by atoms with Gasteiger partial charge in [-0.1, -0.05) is 95.8 Å². The molecule has 4 nitrogen and oxygen atoms in total. The van der Waals surface area contributed by atoms with Gasteiger partial charge in [0.1, 0.15) is 0 Å². The maximum Gasteiger partial charge on any atom is 0.338 e. The molecule has 29 heavy (non-hydrogen) atoms. The molecule has 166 valence electrons. The second-order valence-electron chi connectivity index (χ2n) is 8.37. The number of nitrogens with two attached hydrogens (primary N) is 2. The Bertz CT molecular complexity index is 507. The zero-order chi connectivity index (χ0) is 21.2. The van der Waals surface area contributed by atoms with Gasteiger partial charge in [-0.15, -0.1) is 0 Å². The van der Waals surface area contributed by atoms with Crippen molar-refractivity contribution < 1.29 is 9.53 Å². The average molecular weight is 405 g/mol. The van der Waals surface area contributed by atoms with Crippen LogP contribution >= 0.6 is 0 Å². The van der Waals surface area contributed by atoms with Crippen LogP contribution in [0, 0.1) is 0 Å². The fraction of sp³-hybridized carbons (Fsp3) is 0.720. The third kappa shape index (κ3) is 14.3. The van der Waals surface area contributed by atoms with Gasteiger partial charge in [0.2, 0.25) is 0 Å². The van der Waals surface area contributed by atoms with E-state index in [9.17, 15) is 4.79 Å². The summed E-state index contributed by atoms with van der Waals surface area (Å²) in [6, 6.07) is 9.18. The Morgan fingerprint density at radius 2 is 1.31 bits per heavy atom. The Labute approximate surface area is 178 Å². The van der Waals surface area contributed by atoms with Gasteiger partial charge in [-0.2, -0.15) is 0 Å². The number of unbranched alkanes of at least 4 members (excludes halogenated alkanes) is 10. The fourth-order valence-electron chi connectivity index (χ4n) is 3.66. The van der Waals surface area contributed by atoms with Gasteiger partial charge in [-0.3, -0.25) is 0 Å². The molecule has 0 spiro atoms. The van der Waals surface area contributed by atoms with Crippen LogP contribution in [0.1, 0.15) is 107 Å². The Balaban J connectivity index is 1.93. The number of hydrogen-bond donors (Lipinski definition) is 2. The zero-order valence-corrected chi connectivity index (χ0v) is 18.6. The number of rotatable bonds is 18. The Morgan fingerprint density at radius 3 is 1.90 bits per heavy atom. The molecule has 4 heteroatoms. The quantitative estimate of drug-likeness (QED) is 0.233. The maximum atomic E-state index is 11.9. The molecule has 0 saturated heterocycles. The van der Waals surface area contributed by atoms with Gasteiger partial charge < -0.3 is 16.2 Å². The van der Waals surface area contributed by atoms with Crippen molar-refractivity contribution in [2.75, 3.05) is 6.61 Å². The molecule has 0 aliphatic heterocycles. The number of carbonyl (C=O) groups excluding carboxylic acids is 1. The zero-order valence-electron chi connectivity index (χ0n) is 18.6. The molecule has 1 rings (SSSR count). The standard InChI is InChI=1S/C25H44N2O2/c1-2-3-4-5-6-7-8-9-10-11-15-18-23(26)21-24(27)19-20-29-25(28)22-16-13-12-14-17-22/h12-14,16-17,23-24H,2-11,15,18-21,26-27H2,1H3. The highest BCUT2D eigenvalue weighted by Gasteiger charge is 2.11. The summed E-state index contributed by atoms with van der Waals surface area (Å²) in [4.78, 5) is 11.9. The van der Waals surface area contributed by atoms with Crippen LogP contribution in [0.25, 0.3) is 0 Å². The van der Waals surface area contributed by atoms with E-state index < -0.39 is 0 Å². The van der Waals surface area contributed by atoms with Crippen molar-refractivity contribution in [3.8, 4) is 0 Å². The van der Waals surface area contributed by atoms with Crippen LogP contribution in [0.5, 0.6) is 0 Å². The summed E-state index contributed by atoms with van der Waals surface area (Å²) in [7, 11) is 0. The summed E-state index contributed by atoms with van der Waals surface area (Å²) in [6.45, 7) is 2.61. The first-order valence-electron chi connectivity index (χ1n) is 11.9. The maximum absolute atomic E-state index is 11.9. The highest BCUT2D eigenvalue weighted by atomic mass is 16.5. The summed E-state index contributed by atoms with van der Waals surface area (Å²) in [5.41, 5.74) is 13.0. The van der Waals surface area contributed by atoms with E-state index >= 15 is 0 Å². The molecule has 0 aliphatic rings. The van der Waals surface area contributed by atoms with Gasteiger partial charge in [-0.05, 0) is 31.4 Å². The molecule has 0 amide bonds. The van der Waals surface area contributed by atoms with Crippen LogP contribution in [0.15, 0.2) is 30.3 Å². The molecule has 0 aliphatic carbocycles. The minimum atomic E-state index is -0.289. The number of esters is 1. The highest BCUT2D eigenvalue weighted by molar-refractivity contribution is 5.89. The lowest BCUT2D eigenvalue weighted by molar-refractivity contribution is 0.0492. The Morgan fingerprint density at radius 1 is 0.793 bits per heavy atom. The van der Waals surface area contributed by atoms with E-state index in [-0.39, 0.29) is 18.1 Å². The van der Waals surface area contributed by atoms with Gasteiger partial charge in [0, 0.05) is 12.1 Å². The SMILES string of the molecule is CCCCCCCCCCCCCC(N)CC(N)CCOC(=O)c1ccccc1. The van der Waals surface area contributed by atoms with Crippen LogP contribution in [0.2, 0.25) is 0 Å². The first kappa shape index (κ1) is 25.6. The minimum Gasteiger partial charge on any atom is -0.462 e. The van der Waals surface area contributed by atoms with Gasteiger partial charge in [0.15, 0.2) is 0 Å². The first-order valence-corrected chi connectivity index (χ1v) is 11.9. The molecule has 0 fully saturated rings. The van der Waals surface area contributed by atoms with Gasteiger partial charge in [0.05, 0.1) is 12.2 Å². The molecule has 0 bridgehead atoms. The van der Waals surface area contributed by atoms with E-state index in [2.05, 4.69) is 6.92 Å². The van der Waals surface area contributed by atoms with Crippen molar-refractivity contribution in [3.63, 3.8) is 0 Å². The minimum absolute atomic E-state index is 0.0127. The number of carbonyl (C=O) groups is 1. The van der Waals surface area contributed by atoms with Crippen molar-refractivity contribution in [3.05, 3.63) is 35.9 Å². The molecule has 0 heterocycles.